The van der Waals surface area contributed by atoms with Crippen LogP contribution in [0.4, 0.5) is 23.2 Å². The van der Waals surface area contributed by atoms with Gasteiger partial charge in [-0.15, -0.1) is 0 Å². The summed E-state index contributed by atoms with van der Waals surface area (Å²) in [6.45, 7) is 0. The van der Waals surface area contributed by atoms with Gasteiger partial charge in [0, 0.05) is 4.47 Å². The smallest absolute Gasteiger partial charge is 0.321 e. The van der Waals surface area contributed by atoms with Crippen molar-refractivity contribution in [2.45, 2.75) is 6.18 Å². The van der Waals surface area contributed by atoms with Gasteiger partial charge >= 0.3 is 6.18 Å². The van der Waals surface area contributed by atoms with Gasteiger partial charge in [-0.25, -0.2) is 4.39 Å². The molecule has 0 saturated carbocycles. The molecule has 2 aromatic carbocycles. The van der Waals surface area contributed by atoms with Gasteiger partial charge in [0.05, 0.1) is 16.8 Å². The number of hydrogen-bond acceptors (Lipinski definition) is 1. The van der Waals surface area contributed by atoms with Crippen LogP contribution in [0.5, 0.6) is 0 Å². The number of carbonyl (C=O) groups excluding carboxylic acids is 1. The first-order valence-corrected chi connectivity index (χ1v) is 6.51. The van der Waals surface area contributed by atoms with Crippen LogP contribution in [0, 0.1) is 5.82 Å². The molecule has 2 aromatic rings. The van der Waals surface area contributed by atoms with Gasteiger partial charge in [-0.05, 0) is 46.3 Å². The highest BCUT2D eigenvalue weighted by Gasteiger charge is 2.33. The minimum absolute atomic E-state index is 0.0355. The number of nitrogens with one attached hydrogen (secondary N) is 1. The maximum Gasteiger partial charge on any atom is 0.418 e. The fraction of sp³-hybridized carbons (Fsp3) is 0.0714. The third kappa shape index (κ3) is 3.60. The van der Waals surface area contributed by atoms with E-state index >= 15 is 0 Å². The van der Waals surface area contributed by atoms with E-state index in [0.29, 0.717) is 0 Å². The van der Waals surface area contributed by atoms with Crippen LogP contribution in [0.1, 0.15) is 15.9 Å². The maximum absolute atomic E-state index is 12.9. The summed E-state index contributed by atoms with van der Waals surface area (Å²) < 4.78 is 51.6. The van der Waals surface area contributed by atoms with Crippen LogP contribution in [0.2, 0.25) is 0 Å². The summed E-state index contributed by atoms with van der Waals surface area (Å²) in [5.41, 5.74) is -1.27. The standard InChI is InChI=1S/C14H8BrF4NO/c15-11-7-8(16)5-6-9(11)13(21)20-12-4-2-1-3-10(12)14(17,18)19/h1-7H,(H,20,21). The van der Waals surface area contributed by atoms with E-state index in [1.165, 1.54) is 18.2 Å². The number of carbonyl (C=O) groups is 1. The molecular formula is C14H8BrF4NO. The van der Waals surface area contributed by atoms with Crippen molar-refractivity contribution in [2.75, 3.05) is 5.32 Å². The largest absolute Gasteiger partial charge is 0.418 e. The number of hydrogen-bond donors (Lipinski definition) is 1. The van der Waals surface area contributed by atoms with E-state index in [-0.39, 0.29) is 15.7 Å². The molecule has 0 aliphatic rings. The summed E-state index contributed by atoms with van der Waals surface area (Å²) in [4.78, 5) is 12.0. The van der Waals surface area contributed by atoms with E-state index < -0.39 is 23.5 Å². The van der Waals surface area contributed by atoms with Gasteiger partial charge in [-0.1, -0.05) is 12.1 Å². The highest BCUT2D eigenvalue weighted by atomic mass is 79.9. The lowest BCUT2D eigenvalue weighted by Gasteiger charge is -2.14. The molecule has 0 spiro atoms. The molecule has 0 atom stereocenters. The number of para-hydroxylation sites is 1. The van der Waals surface area contributed by atoms with Crippen LogP contribution in [-0.4, -0.2) is 5.91 Å². The zero-order valence-corrected chi connectivity index (χ0v) is 11.9. The third-order valence-electron chi connectivity index (χ3n) is 2.66. The minimum Gasteiger partial charge on any atom is -0.321 e. The van der Waals surface area contributed by atoms with Crippen LogP contribution in [0.15, 0.2) is 46.9 Å². The zero-order valence-electron chi connectivity index (χ0n) is 10.3. The topological polar surface area (TPSA) is 29.1 Å². The Balaban J connectivity index is 2.32. The molecule has 1 N–H and O–H groups in total. The summed E-state index contributed by atoms with van der Waals surface area (Å²) in [7, 11) is 0. The lowest BCUT2D eigenvalue weighted by atomic mass is 10.1. The molecule has 0 fully saturated rings. The Morgan fingerprint density at radius 1 is 1.10 bits per heavy atom. The second-order valence-electron chi connectivity index (χ2n) is 4.12. The van der Waals surface area contributed by atoms with Crippen molar-refractivity contribution in [3.8, 4) is 0 Å². The van der Waals surface area contributed by atoms with E-state index in [2.05, 4.69) is 21.2 Å². The zero-order chi connectivity index (χ0) is 15.6. The summed E-state index contributed by atoms with van der Waals surface area (Å²) in [6.07, 6.45) is -4.58. The first-order valence-electron chi connectivity index (χ1n) is 5.71. The van der Waals surface area contributed by atoms with Crippen molar-refractivity contribution in [3.63, 3.8) is 0 Å². The lowest BCUT2D eigenvalue weighted by molar-refractivity contribution is -0.136. The first kappa shape index (κ1) is 15.5. The SMILES string of the molecule is O=C(Nc1ccccc1C(F)(F)F)c1ccc(F)cc1Br. The second kappa shape index (κ2) is 5.85. The monoisotopic (exact) mass is 361 g/mol. The van der Waals surface area contributed by atoms with Crippen molar-refractivity contribution < 1.29 is 22.4 Å². The highest BCUT2D eigenvalue weighted by molar-refractivity contribution is 9.10. The quantitative estimate of drug-likeness (QED) is 0.760. The maximum atomic E-state index is 12.9. The molecule has 0 heterocycles. The van der Waals surface area contributed by atoms with E-state index in [1.807, 2.05) is 0 Å². The van der Waals surface area contributed by atoms with Crippen molar-refractivity contribution in [2.24, 2.45) is 0 Å². The third-order valence-corrected chi connectivity index (χ3v) is 3.31. The molecule has 0 unspecified atom stereocenters. The van der Waals surface area contributed by atoms with Crippen LogP contribution in [0.25, 0.3) is 0 Å². The molecule has 0 bridgehead atoms. The molecule has 7 heteroatoms. The fourth-order valence-electron chi connectivity index (χ4n) is 1.70. The van der Waals surface area contributed by atoms with Gasteiger partial charge in [0.15, 0.2) is 0 Å². The number of halogens is 5. The van der Waals surface area contributed by atoms with Gasteiger partial charge in [-0.2, -0.15) is 13.2 Å². The van der Waals surface area contributed by atoms with Gasteiger partial charge in [-0.3, -0.25) is 4.79 Å². The van der Waals surface area contributed by atoms with E-state index in [1.54, 1.807) is 0 Å². The Morgan fingerprint density at radius 3 is 2.38 bits per heavy atom. The Hall–Kier alpha value is -1.89. The number of amides is 1. The molecule has 2 rings (SSSR count). The average molecular weight is 362 g/mol. The molecule has 2 nitrogen and oxygen atoms in total. The molecule has 1 amide bonds. The molecule has 0 radical (unpaired) electrons. The van der Waals surface area contributed by atoms with Crippen molar-refractivity contribution in [1.82, 2.24) is 0 Å². The van der Waals surface area contributed by atoms with Crippen LogP contribution >= 0.6 is 15.9 Å². The minimum atomic E-state index is -4.58. The van der Waals surface area contributed by atoms with Gasteiger partial charge in [0.25, 0.3) is 5.91 Å². The average Bonchev–Trinajstić information content (AvgIpc) is 2.37. The Kier molecular flexibility index (Phi) is 4.32. The highest BCUT2D eigenvalue weighted by Crippen LogP contribution is 2.34. The van der Waals surface area contributed by atoms with Crippen LogP contribution < -0.4 is 5.32 Å². The lowest BCUT2D eigenvalue weighted by Crippen LogP contribution is -2.17. The molecule has 21 heavy (non-hydrogen) atoms. The first-order chi connectivity index (χ1) is 9.79. The van der Waals surface area contributed by atoms with Gasteiger partial charge in [0.1, 0.15) is 5.82 Å². The number of rotatable bonds is 2. The predicted molar refractivity (Wildman–Crippen MR) is 73.5 cm³/mol. The molecule has 0 aliphatic carbocycles. The van der Waals surface area contributed by atoms with Crippen molar-refractivity contribution in [3.05, 3.63) is 63.9 Å². The number of benzene rings is 2. The predicted octanol–water partition coefficient (Wildman–Crippen LogP) is 4.86. The van der Waals surface area contributed by atoms with Gasteiger partial charge < -0.3 is 5.32 Å². The molecule has 0 aliphatic heterocycles. The molecular weight excluding hydrogens is 354 g/mol. The van der Waals surface area contributed by atoms with Crippen molar-refractivity contribution >= 4 is 27.5 Å². The summed E-state index contributed by atoms with van der Waals surface area (Å²) in [5.74, 6) is -1.33. The molecule has 0 aromatic heterocycles. The molecule has 110 valence electrons. The van der Waals surface area contributed by atoms with Gasteiger partial charge in [0.2, 0.25) is 0 Å². The van der Waals surface area contributed by atoms with E-state index in [0.717, 1.165) is 24.3 Å². The normalized spacial score (nSPS) is 11.3. The van der Waals surface area contributed by atoms with Crippen molar-refractivity contribution in [1.29, 1.82) is 0 Å². The number of anilines is 1. The fourth-order valence-corrected chi connectivity index (χ4v) is 2.23. The Bertz CT molecular complexity index is 685. The van der Waals surface area contributed by atoms with Crippen LogP contribution in [-0.2, 0) is 6.18 Å². The Labute approximate surface area is 125 Å². The Morgan fingerprint density at radius 2 is 1.76 bits per heavy atom. The van der Waals surface area contributed by atoms with E-state index in [9.17, 15) is 22.4 Å². The second-order valence-corrected chi connectivity index (χ2v) is 4.98. The summed E-state index contributed by atoms with van der Waals surface area (Å²) >= 11 is 3.00. The van der Waals surface area contributed by atoms with E-state index in [4.69, 9.17) is 0 Å². The van der Waals surface area contributed by atoms with Crippen LogP contribution in [0.3, 0.4) is 0 Å². The summed E-state index contributed by atoms with van der Waals surface area (Å²) in [6, 6.07) is 7.93. The number of alkyl halides is 3. The summed E-state index contributed by atoms with van der Waals surface area (Å²) in [5, 5.41) is 2.18. The molecule has 0 saturated heterocycles.